The van der Waals surface area contributed by atoms with Crippen LogP contribution in [0.3, 0.4) is 0 Å². The molecule has 16 heavy (non-hydrogen) atoms. The number of rotatable bonds is 5. The molecule has 0 bridgehead atoms. The van der Waals surface area contributed by atoms with Gasteiger partial charge in [0, 0.05) is 0 Å². The fourth-order valence-corrected chi connectivity index (χ4v) is 1.02. The number of hydrogen-bond donors (Lipinski definition) is 1. The maximum atomic E-state index is 11.0. The molecule has 0 aromatic heterocycles. The van der Waals surface area contributed by atoms with Gasteiger partial charge in [0.05, 0.1) is 12.8 Å². The first-order chi connectivity index (χ1) is 7.18. The van der Waals surface area contributed by atoms with E-state index in [1.807, 2.05) is 30.3 Å². The molecule has 1 aromatic rings. The molecule has 5 heteroatoms. The van der Waals surface area contributed by atoms with Crippen molar-refractivity contribution >= 4 is 24.3 Å². The van der Waals surface area contributed by atoms with Crippen LogP contribution in [0.15, 0.2) is 30.3 Å². The summed E-state index contributed by atoms with van der Waals surface area (Å²) in [5, 5.41) is 8.34. The van der Waals surface area contributed by atoms with Crippen LogP contribution in [0.25, 0.3) is 0 Å². The van der Waals surface area contributed by atoms with Crippen molar-refractivity contribution < 1.29 is 19.4 Å². The van der Waals surface area contributed by atoms with Crippen LogP contribution in [-0.2, 0) is 20.9 Å². The maximum absolute atomic E-state index is 11.0. The van der Waals surface area contributed by atoms with Gasteiger partial charge < -0.3 is 9.84 Å². The van der Waals surface area contributed by atoms with Crippen LogP contribution in [-0.4, -0.2) is 17.0 Å². The van der Waals surface area contributed by atoms with Crippen LogP contribution in [0.5, 0.6) is 0 Å². The Morgan fingerprint density at radius 1 is 1.12 bits per heavy atom. The second-order valence-corrected chi connectivity index (χ2v) is 3.04. The summed E-state index contributed by atoms with van der Waals surface area (Å²) in [5.41, 5.74) is 0.890. The summed E-state index contributed by atoms with van der Waals surface area (Å²) in [7, 11) is 0. The minimum Gasteiger partial charge on any atom is -0.481 e. The molecular formula is C11H13ClO4. The SMILES string of the molecule is Cl.O=C(O)CCC(=O)OCc1ccccc1. The summed E-state index contributed by atoms with van der Waals surface area (Å²) in [4.78, 5) is 21.2. The van der Waals surface area contributed by atoms with Gasteiger partial charge in [-0.3, -0.25) is 9.59 Å². The lowest BCUT2D eigenvalue weighted by molar-refractivity contribution is -0.148. The van der Waals surface area contributed by atoms with E-state index in [1.165, 1.54) is 0 Å². The fraction of sp³-hybridized carbons (Fsp3) is 0.273. The Morgan fingerprint density at radius 2 is 1.75 bits per heavy atom. The summed E-state index contributed by atoms with van der Waals surface area (Å²) < 4.78 is 4.88. The Morgan fingerprint density at radius 3 is 2.31 bits per heavy atom. The number of carboxylic acid groups (broad SMARTS) is 1. The Bertz CT molecular complexity index is 337. The standard InChI is InChI=1S/C11H12O4.ClH/c12-10(13)6-7-11(14)15-8-9-4-2-1-3-5-9;/h1-5H,6-8H2,(H,12,13);1H. The van der Waals surface area contributed by atoms with Gasteiger partial charge in [0.25, 0.3) is 0 Å². The largest absolute Gasteiger partial charge is 0.481 e. The van der Waals surface area contributed by atoms with Gasteiger partial charge in [0.15, 0.2) is 0 Å². The molecule has 0 spiro atoms. The summed E-state index contributed by atoms with van der Waals surface area (Å²) in [6, 6.07) is 9.24. The molecule has 0 atom stereocenters. The van der Waals surface area contributed by atoms with E-state index in [4.69, 9.17) is 9.84 Å². The zero-order valence-corrected chi connectivity index (χ0v) is 9.40. The van der Waals surface area contributed by atoms with Crippen molar-refractivity contribution in [2.75, 3.05) is 0 Å². The van der Waals surface area contributed by atoms with Gasteiger partial charge in [-0.15, -0.1) is 12.4 Å². The van der Waals surface area contributed by atoms with Gasteiger partial charge >= 0.3 is 11.9 Å². The van der Waals surface area contributed by atoms with Crippen LogP contribution >= 0.6 is 12.4 Å². The number of carbonyl (C=O) groups excluding carboxylic acids is 1. The van der Waals surface area contributed by atoms with Gasteiger partial charge in [-0.2, -0.15) is 0 Å². The number of ether oxygens (including phenoxy) is 1. The maximum Gasteiger partial charge on any atom is 0.306 e. The molecule has 4 nitrogen and oxygen atoms in total. The molecule has 0 aliphatic rings. The molecule has 0 saturated heterocycles. The number of carbonyl (C=O) groups is 2. The van der Waals surface area contributed by atoms with E-state index in [2.05, 4.69) is 0 Å². The Kier molecular flexibility index (Phi) is 6.96. The van der Waals surface area contributed by atoms with E-state index in [9.17, 15) is 9.59 Å². The lowest BCUT2D eigenvalue weighted by Crippen LogP contribution is -2.07. The summed E-state index contributed by atoms with van der Waals surface area (Å²) >= 11 is 0. The van der Waals surface area contributed by atoms with Crippen molar-refractivity contribution in [3.63, 3.8) is 0 Å². The van der Waals surface area contributed by atoms with E-state index < -0.39 is 11.9 Å². The summed E-state index contributed by atoms with van der Waals surface area (Å²) in [5.74, 6) is -1.48. The molecule has 0 heterocycles. The summed E-state index contributed by atoms with van der Waals surface area (Å²) in [6.07, 6.45) is -0.268. The highest BCUT2D eigenvalue weighted by Gasteiger charge is 2.06. The lowest BCUT2D eigenvalue weighted by Gasteiger charge is -2.03. The van der Waals surface area contributed by atoms with Gasteiger partial charge in [-0.05, 0) is 5.56 Å². The number of aliphatic carboxylic acids is 1. The molecular weight excluding hydrogens is 232 g/mol. The number of benzene rings is 1. The highest BCUT2D eigenvalue weighted by Crippen LogP contribution is 2.02. The zero-order chi connectivity index (χ0) is 11.1. The topological polar surface area (TPSA) is 63.6 Å². The van der Waals surface area contributed by atoms with Crippen molar-refractivity contribution in [1.82, 2.24) is 0 Å². The van der Waals surface area contributed by atoms with Crippen molar-refractivity contribution in [1.29, 1.82) is 0 Å². The quantitative estimate of drug-likeness (QED) is 0.805. The van der Waals surface area contributed by atoms with Crippen molar-refractivity contribution in [3.05, 3.63) is 35.9 Å². The molecule has 0 saturated carbocycles. The third-order valence-corrected chi connectivity index (χ3v) is 1.79. The highest BCUT2D eigenvalue weighted by atomic mass is 35.5. The van der Waals surface area contributed by atoms with Crippen LogP contribution in [0.1, 0.15) is 18.4 Å². The van der Waals surface area contributed by atoms with Crippen LogP contribution in [0.4, 0.5) is 0 Å². The third-order valence-electron chi connectivity index (χ3n) is 1.79. The summed E-state index contributed by atoms with van der Waals surface area (Å²) in [6.45, 7) is 0.194. The minimum atomic E-state index is -0.994. The van der Waals surface area contributed by atoms with Crippen LogP contribution in [0, 0.1) is 0 Å². The second kappa shape index (κ2) is 7.70. The normalized spacial score (nSPS) is 9.00. The van der Waals surface area contributed by atoms with E-state index in [1.54, 1.807) is 0 Å². The number of halogens is 1. The molecule has 0 radical (unpaired) electrons. The zero-order valence-electron chi connectivity index (χ0n) is 8.59. The van der Waals surface area contributed by atoms with E-state index in [0.717, 1.165) is 5.56 Å². The minimum absolute atomic E-state index is 0. The van der Waals surface area contributed by atoms with Gasteiger partial charge in [0.1, 0.15) is 6.61 Å². The first kappa shape index (κ1) is 14.5. The van der Waals surface area contributed by atoms with Crippen molar-refractivity contribution in [2.45, 2.75) is 19.4 Å². The lowest BCUT2D eigenvalue weighted by atomic mass is 10.2. The molecule has 1 rings (SSSR count). The Balaban J connectivity index is 0.00000225. The predicted octanol–water partition coefficient (Wildman–Crippen LogP) is 2.02. The average molecular weight is 245 g/mol. The van der Waals surface area contributed by atoms with E-state index in [0.29, 0.717) is 0 Å². The highest BCUT2D eigenvalue weighted by molar-refractivity contribution is 5.85. The van der Waals surface area contributed by atoms with Gasteiger partial charge in [-0.25, -0.2) is 0 Å². The Labute approximate surface area is 99.6 Å². The third kappa shape index (κ3) is 6.03. The van der Waals surface area contributed by atoms with Crippen LogP contribution < -0.4 is 0 Å². The molecule has 0 fully saturated rings. The van der Waals surface area contributed by atoms with Gasteiger partial charge in [-0.1, -0.05) is 30.3 Å². The van der Waals surface area contributed by atoms with E-state index >= 15 is 0 Å². The number of hydrogen-bond acceptors (Lipinski definition) is 3. The fourth-order valence-electron chi connectivity index (χ4n) is 1.02. The van der Waals surface area contributed by atoms with Crippen molar-refractivity contribution in [2.24, 2.45) is 0 Å². The van der Waals surface area contributed by atoms with Crippen molar-refractivity contribution in [3.8, 4) is 0 Å². The first-order valence-electron chi connectivity index (χ1n) is 4.60. The van der Waals surface area contributed by atoms with Gasteiger partial charge in [0.2, 0.25) is 0 Å². The average Bonchev–Trinajstić information content (AvgIpc) is 2.25. The predicted molar refractivity (Wildman–Crippen MR) is 60.4 cm³/mol. The second-order valence-electron chi connectivity index (χ2n) is 3.04. The molecule has 88 valence electrons. The van der Waals surface area contributed by atoms with Crippen LogP contribution in [0.2, 0.25) is 0 Å². The Hall–Kier alpha value is -1.55. The molecule has 0 aliphatic carbocycles. The number of esters is 1. The number of carboxylic acids is 1. The smallest absolute Gasteiger partial charge is 0.306 e. The monoisotopic (exact) mass is 244 g/mol. The molecule has 1 aromatic carbocycles. The molecule has 0 aliphatic heterocycles. The first-order valence-corrected chi connectivity index (χ1v) is 4.60. The molecule has 0 unspecified atom stereocenters. The molecule has 1 N–H and O–H groups in total. The van der Waals surface area contributed by atoms with E-state index in [-0.39, 0.29) is 31.9 Å². The molecule has 0 amide bonds.